The first kappa shape index (κ1) is 16.9. The van der Waals surface area contributed by atoms with Gasteiger partial charge in [0.25, 0.3) is 0 Å². The van der Waals surface area contributed by atoms with Gasteiger partial charge in [0.2, 0.25) is 11.8 Å². The molecule has 0 saturated heterocycles. The van der Waals surface area contributed by atoms with E-state index in [4.69, 9.17) is 0 Å². The van der Waals surface area contributed by atoms with Crippen LogP contribution in [0.1, 0.15) is 39.0 Å². The van der Waals surface area contributed by atoms with Gasteiger partial charge in [-0.25, -0.2) is 0 Å². The number of unbranched alkanes of at least 4 members (excludes halogenated alkanes) is 2. The number of thioether (sulfide) groups is 1. The van der Waals surface area contributed by atoms with E-state index in [-0.39, 0.29) is 11.8 Å². The lowest BCUT2D eigenvalue weighted by atomic mass is 10.2. The van der Waals surface area contributed by atoms with Crippen LogP contribution in [0, 0.1) is 0 Å². The molecule has 0 unspecified atom stereocenters. The molecular weight excluding hydrogens is 296 g/mol. The van der Waals surface area contributed by atoms with E-state index in [1.54, 1.807) is 11.8 Å². The van der Waals surface area contributed by atoms with Crippen molar-refractivity contribution < 1.29 is 9.59 Å². The number of hydrogen-bond donors (Lipinski definition) is 1. The number of anilines is 1. The topological polar surface area (TPSA) is 49.4 Å². The molecule has 0 saturated carbocycles. The zero-order valence-electron chi connectivity index (χ0n) is 13.1. The van der Waals surface area contributed by atoms with Gasteiger partial charge in [-0.1, -0.05) is 31.9 Å². The van der Waals surface area contributed by atoms with Crippen molar-refractivity contribution in [2.45, 2.75) is 43.9 Å². The third-order valence-electron chi connectivity index (χ3n) is 3.70. The average molecular weight is 320 g/mol. The summed E-state index contributed by atoms with van der Waals surface area (Å²) < 4.78 is 0. The summed E-state index contributed by atoms with van der Waals surface area (Å²) >= 11 is 1.59. The highest BCUT2D eigenvalue weighted by Gasteiger charge is 2.23. The summed E-state index contributed by atoms with van der Waals surface area (Å²) in [7, 11) is 0. The van der Waals surface area contributed by atoms with Crippen molar-refractivity contribution in [2.75, 3.05) is 23.7 Å². The molecule has 1 aromatic rings. The summed E-state index contributed by atoms with van der Waals surface area (Å²) in [4.78, 5) is 26.8. The Morgan fingerprint density at radius 2 is 2.09 bits per heavy atom. The number of fused-ring (bicyclic) bond motifs is 1. The minimum atomic E-state index is 0.0863. The number of nitrogens with one attached hydrogen (secondary N) is 1. The smallest absolute Gasteiger partial charge is 0.237 e. The largest absolute Gasteiger partial charge is 0.356 e. The molecule has 1 aromatic carbocycles. The number of benzene rings is 1. The zero-order chi connectivity index (χ0) is 15.8. The van der Waals surface area contributed by atoms with Crippen molar-refractivity contribution in [1.82, 2.24) is 5.32 Å². The summed E-state index contributed by atoms with van der Waals surface area (Å²) in [6.45, 7) is 3.52. The first-order valence-electron chi connectivity index (χ1n) is 8.01. The van der Waals surface area contributed by atoms with Crippen LogP contribution in [-0.4, -0.2) is 30.7 Å². The molecule has 0 aromatic heterocycles. The summed E-state index contributed by atoms with van der Waals surface area (Å²) in [6, 6.07) is 7.96. The van der Waals surface area contributed by atoms with Crippen LogP contribution in [0.2, 0.25) is 0 Å². The second-order valence-corrected chi connectivity index (χ2v) is 6.48. The fraction of sp³-hybridized carbons (Fsp3) is 0.529. The fourth-order valence-corrected chi connectivity index (χ4v) is 3.42. The van der Waals surface area contributed by atoms with E-state index in [2.05, 4.69) is 12.2 Å². The third-order valence-corrected chi connectivity index (χ3v) is 4.74. The van der Waals surface area contributed by atoms with Crippen LogP contribution in [0.5, 0.6) is 0 Å². The second-order valence-electron chi connectivity index (χ2n) is 5.46. The quantitative estimate of drug-likeness (QED) is 0.748. The lowest BCUT2D eigenvalue weighted by molar-refractivity contribution is -0.121. The average Bonchev–Trinajstić information content (AvgIpc) is 2.54. The molecule has 4 nitrogen and oxygen atoms in total. The second kappa shape index (κ2) is 8.83. The highest BCUT2D eigenvalue weighted by atomic mass is 32.2. The molecule has 2 amide bonds. The Labute approximate surface area is 136 Å². The van der Waals surface area contributed by atoms with Crippen LogP contribution < -0.4 is 10.2 Å². The van der Waals surface area contributed by atoms with Crippen LogP contribution >= 0.6 is 11.8 Å². The maximum Gasteiger partial charge on any atom is 0.237 e. The Balaban J connectivity index is 1.77. The fourth-order valence-electron chi connectivity index (χ4n) is 2.49. The van der Waals surface area contributed by atoms with E-state index >= 15 is 0 Å². The Bertz CT molecular complexity index is 519. The van der Waals surface area contributed by atoms with E-state index in [1.165, 1.54) is 0 Å². The van der Waals surface area contributed by atoms with E-state index in [0.29, 0.717) is 25.1 Å². The number of carbonyl (C=O) groups is 2. The predicted octanol–water partition coefficient (Wildman–Crippen LogP) is 3.21. The van der Waals surface area contributed by atoms with Gasteiger partial charge in [-0.05, 0) is 25.0 Å². The monoisotopic (exact) mass is 320 g/mol. The summed E-state index contributed by atoms with van der Waals surface area (Å²) in [5, 5.41) is 2.94. The molecule has 0 fully saturated rings. The normalized spacial score (nSPS) is 13.9. The molecule has 2 rings (SSSR count). The predicted molar refractivity (Wildman–Crippen MR) is 91.3 cm³/mol. The number of hydrogen-bond acceptors (Lipinski definition) is 3. The minimum Gasteiger partial charge on any atom is -0.356 e. The molecule has 0 spiro atoms. The van der Waals surface area contributed by atoms with Gasteiger partial charge in [-0.15, -0.1) is 11.8 Å². The molecule has 1 heterocycles. The highest BCUT2D eigenvalue weighted by Crippen LogP contribution is 2.34. The van der Waals surface area contributed by atoms with E-state index in [1.807, 2.05) is 29.2 Å². The van der Waals surface area contributed by atoms with Crippen LogP contribution in [-0.2, 0) is 9.59 Å². The zero-order valence-corrected chi connectivity index (χ0v) is 14.0. The lowest BCUT2D eigenvalue weighted by Crippen LogP contribution is -2.36. The first-order chi connectivity index (χ1) is 10.7. The van der Waals surface area contributed by atoms with Crippen molar-refractivity contribution in [3.8, 4) is 0 Å². The molecule has 22 heavy (non-hydrogen) atoms. The Kier molecular flexibility index (Phi) is 6.77. The maximum atomic E-state index is 12.1. The molecule has 1 N–H and O–H groups in total. The van der Waals surface area contributed by atoms with Crippen molar-refractivity contribution in [1.29, 1.82) is 0 Å². The van der Waals surface area contributed by atoms with Crippen LogP contribution in [0.15, 0.2) is 29.2 Å². The standard InChI is InChI=1S/C17H24N2O2S/c1-2-3-6-11-18-16(20)10-7-12-19-14-8-4-5-9-15(14)22-13-17(19)21/h4-5,8-9H,2-3,6-7,10-13H2,1H3,(H,18,20). The molecule has 0 aliphatic carbocycles. The van der Waals surface area contributed by atoms with E-state index in [0.717, 1.165) is 36.4 Å². The molecule has 0 atom stereocenters. The number of rotatable bonds is 8. The molecule has 1 aliphatic rings. The number of nitrogens with zero attached hydrogens (tertiary/aromatic N) is 1. The van der Waals surface area contributed by atoms with Crippen LogP contribution in [0.4, 0.5) is 5.69 Å². The number of carbonyl (C=O) groups excluding carboxylic acids is 2. The Hall–Kier alpha value is -1.49. The van der Waals surface area contributed by atoms with Crippen molar-refractivity contribution in [2.24, 2.45) is 0 Å². The Morgan fingerprint density at radius 3 is 2.91 bits per heavy atom. The van der Waals surface area contributed by atoms with Crippen LogP contribution in [0.25, 0.3) is 0 Å². The molecular formula is C17H24N2O2S. The summed E-state index contributed by atoms with van der Waals surface area (Å²) in [6.07, 6.45) is 4.52. The SMILES string of the molecule is CCCCCNC(=O)CCCN1C(=O)CSc2ccccc21. The van der Waals surface area contributed by atoms with Crippen molar-refractivity contribution in [3.05, 3.63) is 24.3 Å². The van der Waals surface area contributed by atoms with Gasteiger partial charge in [-0.3, -0.25) is 9.59 Å². The van der Waals surface area contributed by atoms with Gasteiger partial charge < -0.3 is 10.2 Å². The van der Waals surface area contributed by atoms with E-state index in [9.17, 15) is 9.59 Å². The van der Waals surface area contributed by atoms with Crippen molar-refractivity contribution in [3.63, 3.8) is 0 Å². The maximum absolute atomic E-state index is 12.1. The third kappa shape index (κ3) is 4.77. The molecule has 1 aliphatic heterocycles. The minimum absolute atomic E-state index is 0.0863. The highest BCUT2D eigenvalue weighted by molar-refractivity contribution is 8.00. The molecule has 0 radical (unpaired) electrons. The summed E-state index contributed by atoms with van der Waals surface area (Å²) in [5.74, 6) is 0.704. The van der Waals surface area contributed by atoms with Gasteiger partial charge in [0, 0.05) is 24.4 Å². The first-order valence-corrected chi connectivity index (χ1v) is 9.00. The van der Waals surface area contributed by atoms with E-state index < -0.39 is 0 Å². The van der Waals surface area contributed by atoms with Gasteiger partial charge in [-0.2, -0.15) is 0 Å². The molecule has 120 valence electrons. The molecule has 0 bridgehead atoms. The lowest BCUT2D eigenvalue weighted by Gasteiger charge is -2.28. The van der Waals surface area contributed by atoms with Gasteiger partial charge >= 0.3 is 0 Å². The Morgan fingerprint density at radius 1 is 1.27 bits per heavy atom. The summed E-state index contributed by atoms with van der Waals surface area (Å²) in [5.41, 5.74) is 0.979. The molecule has 5 heteroatoms. The van der Waals surface area contributed by atoms with Crippen molar-refractivity contribution >= 4 is 29.3 Å². The number of para-hydroxylation sites is 1. The number of amides is 2. The van der Waals surface area contributed by atoms with Crippen LogP contribution in [0.3, 0.4) is 0 Å². The van der Waals surface area contributed by atoms with Gasteiger partial charge in [0.15, 0.2) is 0 Å². The van der Waals surface area contributed by atoms with Gasteiger partial charge in [0.1, 0.15) is 0 Å². The van der Waals surface area contributed by atoms with Gasteiger partial charge in [0.05, 0.1) is 11.4 Å².